The highest BCUT2D eigenvalue weighted by molar-refractivity contribution is 6.99. The monoisotopic (exact) mass is 276 g/mol. The number of para-hydroxylation sites is 1. The number of benzene rings is 1. The number of hydrogen-bond acceptors (Lipinski definition) is 5. The number of nitrogens with zero attached hydrogens (tertiary/aromatic N) is 3. The molecule has 0 aliphatic heterocycles. The highest BCUT2D eigenvalue weighted by Gasteiger charge is 2.13. The van der Waals surface area contributed by atoms with Crippen LogP contribution in [0.5, 0.6) is 0 Å². The van der Waals surface area contributed by atoms with Crippen molar-refractivity contribution in [2.75, 3.05) is 18.5 Å². The van der Waals surface area contributed by atoms with E-state index in [9.17, 15) is 4.79 Å². The smallest absolute Gasteiger partial charge is 0.272 e. The Morgan fingerprint density at radius 2 is 2.16 bits per heavy atom. The Morgan fingerprint density at radius 1 is 1.42 bits per heavy atom. The standard InChI is InChI=1S/C13H16N4OS/c1-10(17(2)11-6-4-3-5-7-11)8-14-13(18)12-9-15-19-16-12/h3-7,9-10H,8H2,1-2H3,(H,14,18). The lowest BCUT2D eigenvalue weighted by Gasteiger charge is -2.27. The summed E-state index contributed by atoms with van der Waals surface area (Å²) in [5, 5.41) is 2.86. The van der Waals surface area contributed by atoms with E-state index in [2.05, 4.69) is 25.9 Å². The third-order valence-corrected chi connectivity index (χ3v) is 3.45. The summed E-state index contributed by atoms with van der Waals surface area (Å²) in [6, 6.07) is 10.3. The second kappa shape index (κ2) is 6.29. The molecule has 100 valence electrons. The maximum atomic E-state index is 11.7. The van der Waals surface area contributed by atoms with Gasteiger partial charge in [0.1, 0.15) is 0 Å². The molecule has 19 heavy (non-hydrogen) atoms. The number of rotatable bonds is 5. The summed E-state index contributed by atoms with van der Waals surface area (Å²) in [5.74, 6) is -0.179. The topological polar surface area (TPSA) is 58.1 Å². The van der Waals surface area contributed by atoms with E-state index in [1.165, 1.54) is 6.20 Å². The molecule has 0 spiro atoms. The molecule has 1 aromatic carbocycles. The van der Waals surface area contributed by atoms with Crippen molar-refractivity contribution in [3.05, 3.63) is 42.2 Å². The maximum Gasteiger partial charge on any atom is 0.272 e. The van der Waals surface area contributed by atoms with Gasteiger partial charge in [0.2, 0.25) is 0 Å². The second-order valence-electron chi connectivity index (χ2n) is 4.30. The Labute approximate surface area is 116 Å². The van der Waals surface area contributed by atoms with Crippen LogP contribution >= 0.6 is 11.7 Å². The third-order valence-electron chi connectivity index (χ3n) is 2.98. The van der Waals surface area contributed by atoms with Gasteiger partial charge in [0.25, 0.3) is 5.91 Å². The number of hydrogen-bond donors (Lipinski definition) is 1. The molecule has 0 saturated carbocycles. The average molecular weight is 276 g/mol. The maximum absolute atomic E-state index is 11.7. The molecular weight excluding hydrogens is 260 g/mol. The molecule has 0 bridgehead atoms. The van der Waals surface area contributed by atoms with Crippen molar-refractivity contribution in [2.24, 2.45) is 0 Å². The van der Waals surface area contributed by atoms with E-state index >= 15 is 0 Å². The molecule has 2 aromatic rings. The molecule has 1 N–H and O–H groups in total. The SMILES string of the molecule is CC(CNC(=O)c1cnsn1)N(C)c1ccccc1. The van der Waals surface area contributed by atoms with Crippen LogP contribution in [0.2, 0.25) is 0 Å². The van der Waals surface area contributed by atoms with Gasteiger partial charge in [-0.2, -0.15) is 8.75 Å². The van der Waals surface area contributed by atoms with E-state index in [0.29, 0.717) is 12.2 Å². The summed E-state index contributed by atoms with van der Waals surface area (Å²) >= 11 is 1.03. The highest BCUT2D eigenvalue weighted by Crippen LogP contribution is 2.13. The lowest BCUT2D eigenvalue weighted by atomic mass is 10.2. The average Bonchev–Trinajstić information content (AvgIpc) is 2.98. The molecule has 0 aliphatic rings. The van der Waals surface area contributed by atoms with Gasteiger partial charge >= 0.3 is 0 Å². The van der Waals surface area contributed by atoms with Crippen LogP contribution < -0.4 is 10.2 Å². The zero-order valence-corrected chi connectivity index (χ0v) is 11.7. The number of likely N-dealkylation sites (N-methyl/N-ethyl adjacent to an activating group) is 1. The summed E-state index contributed by atoms with van der Waals surface area (Å²) < 4.78 is 7.71. The van der Waals surface area contributed by atoms with E-state index in [-0.39, 0.29) is 11.9 Å². The van der Waals surface area contributed by atoms with E-state index in [1.807, 2.05) is 37.4 Å². The lowest BCUT2D eigenvalue weighted by Crippen LogP contribution is -2.40. The van der Waals surface area contributed by atoms with E-state index < -0.39 is 0 Å². The first-order chi connectivity index (χ1) is 9.18. The van der Waals surface area contributed by atoms with Gasteiger partial charge in [-0.05, 0) is 19.1 Å². The molecular formula is C13H16N4OS. The molecule has 0 fully saturated rings. The zero-order chi connectivity index (χ0) is 13.7. The predicted molar refractivity (Wildman–Crippen MR) is 76.5 cm³/mol. The zero-order valence-electron chi connectivity index (χ0n) is 10.9. The molecule has 1 unspecified atom stereocenters. The van der Waals surface area contributed by atoms with Gasteiger partial charge in [-0.25, -0.2) is 0 Å². The minimum atomic E-state index is -0.179. The predicted octanol–water partition coefficient (Wildman–Crippen LogP) is 1.79. The second-order valence-corrected chi connectivity index (χ2v) is 4.85. The summed E-state index contributed by atoms with van der Waals surface area (Å²) in [6.07, 6.45) is 1.48. The van der Waals surface area contributed by atoms with Crippen molar-refractivity contribution >= 4 is 23.3 Å². The number of nitrogens with one attached hydrogen (secondary N) is 1. The normalized spacial score (nSPS) is 11.9. The number of carbonyl (C=O) groups excluding carboxylic acids is 1. The Hall–Kier alpha value is -1.95. The van der Waals surface area contributed by atoms with Crippen LogP contribution in [0.1, 0.15) is 17.4 Å². The van der Waals surface area contributed by atoms with Crippen LogP contribution in [0.15, 0.2) is 36.5 Å². The van der Waals surface area contributed by atoms with Gasteiger partial charge in [-0.15, -0.1) is 0 Å². The molecule has 1 aromatic heterocycles. The summed E-state index contributed by atoms with van der Waals surface area (Å²) in [5.41, 5.74) is 1.50. The van der Waals surface area contributed by atoms with Crippen LogP contribution in [0, 0.1) is 0 Å². The number of anilines is 1. The van der Waals surface area contributed by atoms with Crippen LogP contribution in [0.4, 0.5) is 5.69 Å². The van der Waals surface area contributed by atoms with Gasteiger partial charge in [-0.1, -0.05) is 18.2 Å². The number of carbonyl (C=O) groups is 1. The fourth-order valence-electron chi connectivity index (χ4n) is 1.65. The summed E-state index contributed by atoms with van der Waals surface area (Å²) in [4.78, 5) is 13.9. The number of amides is 1. The van der Waals surface area contributed by atoms with E-state index in [0.717, 1.165) is 17.4 Å². The van der Waals surface area contributed by atoms with Crippen molar-refractivity contribution in [3.63, 3.8) is 0 Å². The van der Waals surface area contributed by atoms with Crippen molar-refractivity contribution in [3.8, 4) is 0 Å². The Kier molecular flexibility index (Phi) is 4.46. The number of aromatic nitrogens is 2. The minimum absolute atomic E-state index is 0.179. The molecule has 2 rings (SSSR count). The third kappa shape index (κ3) is 3.51. The fourth-order valence-corrected chi connectivity index (χ4v) is 2.06. The molecule has 0 aliphatic carbocycles. The van der Waals surface area contributed by atoms with Crippen LogP contribution in [0.3, 0.4) is 0 Å². The summed E-state index contributed by atoms with van der Waals surface area (Å²) in [6.45, 7) is 2.62. The Morgan fingerprint density at radius 3 is 2.79 bits per heavy atom. The van der Waals surface area contributed by atoms with Gasteiger partial charge in [0, 0.05) is 25.3 Å². The van der Waals surface area contributed by atoms with Crippen LogP contribution in [-0.4, -0.2) is 34.3 Å². The quantitative estimate of drug-likeness (QED) is 0.904. The molecule has 5 nitrogen and oxygen atoms in total. The van der Waals surface area contributed by atoms with Crippen LogP contribution in [-0.2, 0) is 0 Å². The molecule has 1 atom stereocenters. The first-order valence-corrected chi connectivity index (χ1v) is 6.75. The van der Waals surface area contributed by atoms with Crippen molar-refractivity contribution in [1.29, 1.82) is 0 Å². The molecule has 1 amide bonds. The fraction of sp³-hybridized carbons (Fsp3) is 0.308. The minimum Gasteiger partial charge on any atom is -0.370 e. The highest BCUT2D eigenvalue weighted by atomic mass is 32.1. The first kappa shape index (κ1) is 13.5. The molecule has 0 saturated heterocycles. The Bertz CT molecular complexity index is 515. The van der Waals surface area contributed by atoms with E-state index in [4.69, 9.17) is 0 Å². The van der Waals surface area contributed by atoms with E-state index in [1.54, 1.807) is 0 Å². The lowest BCUT2D eigenvalue weighted by molar-refractivity contribution is 0.0947. The van der Waals surface area contributed by atoms with Crippen molar-refractivity contribution in [2.45, 2.75) is 13.0 Å². The molecule has 1 heterocycles. The molecule has 0 radical (unpaired) electrons. The largest absolute Gasteiger partial charge is 0.370 e. The van der Waals surface area contributed by atoms with Gasteiger partial charge in [0.05, 0.1) is 17.9 Å². The van der Waals surface area contributed by atoms with Crippen molar-refractivity contribution in [1.82, 2.24) is 14.1 Å². The summed E-state index contributed by atoms with van der Waals surface area (Å²) in [7, 11) is 2.01. The van der Waals surface area contributed by atoms with Gasteiger partial charge in [-0.3, -0.25) is 4.79 Å². The Balaban J connectivity index is 1.88. The first-order valence-electron chi connectivity index (χ1n) is 6.02. The van der Waals surface area contributed by atoms with Crippen LogP contribution in [0.25, 0.3) is 0 Å². The van der Waals surface area contributed by atoms with Gasteiger partial charge < -0.3 is 10.2 Å². The van der Waals surface area contributed by atoms with Gasteiger partial charge in [0.15, 0.2) is 5.69 Å². The van der Waals surface area contributed by atoms with Crippen molar-refractivity contribution < 1.29 is 4.79 Å². The molecule has 6 heteroatoms.